The third kappa shape index (κ3) is 3.16. The highest BCUT2D eigenvalue weighted by atomic mass is 32.1. The second-order valence-electron chi connectivity index (χ2n) is 10.3. The van der Waals surface area contributed by atoms with Gasteiger partial charge in [-0.1, -0.05) is 23.9 Å². The molecule has 6 atom stereocenters. The van der Waals surface area contributed by atoms with Crippen molar-refractivity contribution in [1.82, 2.24) is 9.59 Å². The van der Waals surface area contributed by atoms with E-state index in [2.05, 4.69) is 36.1 Å². The number of hydrogen-bond donors (Lipinski definition) is 1. The van der Waals surface area contributed by atoms with Crippen LogP contribution in [0.5, 0.6) is 0 Å². The van der Waals surface area contributed by atoms with Crippen LogP contribution in [0.3, 0.4) is 0 Å². The highest BCUT2D eigenvalue weighted by Crippen LogP contribution is 2.66. The number of allylic oxidation sites excluding steroid dienone is 3. The largest absolute Gasteiger partial charge is 0.418 e. The molecule has 5 rings (SSSR count). The summed E-state index contributed by atoms with van der Waals surface area (Å²) < 4.78 is 9.37. The molecule has 0 aliphatic heterocycles. The molecule has 1 aromatic heterocycles. The van der Waals surface area contributed by atoms with Gasteiger partial charge in [-0.2, -0.15) is 0 Å². The number of rotatable bonds is 3. The van der Waals surface area contributed by atoms with Crippen LogP contribution in [0.15, 0.2) is 23.5 Å². The molecule has 4 aliphatic carbocycles. The van der Waals surface area contributed by atoms with Crippen LogP contribution >= 0.6 is 24.2 Å². The number of fused-ring (bicyclic) bond motifs is 5. The lowest BCUT2D eigenvalue weighted by molar-refractivity contribution is -0.121. The first-order valence-corrected chi connectivity index (χ1v) is 12.6. The minimum atomic E-state index is -0.577. The number of aryl methyl sites for hydroxylation is 1. The number of hydrogen-bond acceptors (Lipinski definition) is 7. The second-order valence-corrected chi connectivity index (χ2v) is 11.5. The van der Waals surface area contributed by atoms with Gasteiger partial charge in [-0.05, 0) is 92.3 Å². The summed E-state index contributed by atoms with van der Waals surface area (Å²) in [4.78, 5) is 38.0. The van der Waals surface area contributed by atoms with Crippen LogP contribution in [0.4, 0.5) is 0 Å². The fourth-order valence-corrected chi connectivity index (χ4v) is 8.27. The van der Waals surface area contributed by atoms with Gasteiger partial charge in [0.05, 0.1) is 5.69 Å². The Labute approximate surface area is 197 Å². The Morgan fingerprint density at radius 2 is 1.97 bits per heavy atom. The van der Waals surface area contributed by atoms with Gasteiger partial charge in [-0.15, -0.1) is 17.7 Å². The van der Waals surface area contributed by atoms with Gasteiger partial charge in [-0.25, -0.2) is 4.79 Å². The van der Waals surface area contributed by atoms with Gasteiger partial charge in [0.25, 0.3) is 0 Å². The van der Waals surface area contributed by atoms with Crippen LogP contribution in [0.1, 0.15) is 67.7 Å². The summed E-state index contributed by atoms with van der Waals surface area (Å²) in [7, 11) is 0. The molecule has 0 N–H and O–H groups in total. The number of aromatic nitrogens is 2. The van der Waals surface area contributed by atoms with Gasteiger partial charge in [0.1, 0.15) is 0 Å². The maximum atomic E-state index is 12.8. The van der Waals surface area contributed by atoms with Crippen molar-refractivity contribution in [1.29, 1.82) is 0 Å². The molecular weight excluding hydrogens is 444 g/mol. The molecule has 3 fully saturated rings. The van der Waals surface area contributed by atoms with Crippen molar-refractivity contribution in [3.05, 3.63) is 34.1 Å². The van der Waals surface area contributed by atoms with E-state index in [0.29, 0.717) is 28.3 Å². The van der Waals surface area contributed by atoms with Crippen molar-refractivity contribution in [3.8, 4) is 0 Å². The standard InChI is InChI=1S/C24H28N2O4S2/c1-12-20(32-26-25-12)21(28)30-19-11-24(3)13(10-18(19)27)4-5-14-15-6-7-17(22(29)31)23(15,2)9-8-16(14)24/h10-11,14-17H,4-9H2,1-3H3,(H,29,31)/t14-,15-,16-,17+,23-,24-/m0/s1. The van der Waals surface area contributed by atoms with Gasteiger partial charge < -0.3 is 4.74 Å². The third-order valence-corrected chi connectivity index (χ3v) is 10.1. The molecule has 3 saturated carbocycles. The van der Waals surface area contributed by atoms with Crippen molar-refractivity contribution in [2.24, 2.45) is 34.5 Å². The molecule has 4 aliphatic rings. The lowest BCUT2D eigenvalue weighted by Gasteiger charge is -2.56. The summed E-state index contributed by atoms with van der Waals surface area (Å²) in [5.74, 6) is 0.666. The van der Waals surface area contributed by atoms with E-state index in [1.54, 1.807) is 13.0 Å². The fourth-order valence-electron chi connectivity index (χ4n) is 7.32. The van der Waals surface area contributed by atoms with E-state index in [-0.39, 0.29) is 33.4 Å². The summed E-state index contributed by atoms with van der Waals surface area (Å²) in [6.07, 6.45) is 9.47. The molecule has 1 aromatic rings. The number of ketones is 1. The van der Waals surface area contributed by atoms with Crippen LogP contribution in [-0.2, 0) is 14.3 Å². The predicted molar refractivity (Wildman–Crippen MR) is 123 cm³/mol. The van der Waals surface area contributed by atoms with Gasteiger partial charge in [0, 0.05) is 11.3 Å². The third-order valence-electron chi connectivity index (χ3n) is 8.96. The SMILES string of the molecule is Cc1nnsc1C(=O)OC1=C[C@@]2(C)C(=CC1=O)CC[C@H]1[C@@H]3CC[C@H](C(=O)S)[C@@]3(C)CC[C@@H]12. The van der Waals surface area contributed by atoms with Crippen molar-refractivity contribution >= 4 is 41.0 Å². The van der Waals surface area contributed by atoms with Crippen molar-refractivity contribution in [2.75, 3.05) is 0 Å². The smallest absolute Gasteiger partial charge is 0.357 e. The monoisotopic (exact) mass is 472 g/mol. The van der Waals surface area contributed by atoms with E-state index in [0.717, 1.165) is 55.6 Å². The molecule has 32 heavy (non-hydrogen) atoms. The maximum Gasteiger partial charge on any atom is 0.357 e. The average Bonchev–Trinajstić information content (AvgIpc) is 3.31. The molecule has 0 saturated heterocycles. The Kier molecular flexibility index (Phi) is 5.24. The topological polar surface area (TPSA) is 86.2 Å². The first kappa shape index (κ1) is 22.0. The number of carbonyl (C=O) groups excluding carboxylic acids is 3. The quantitative estimate of drug-likeness (QED) is 0.506. The summed E-state index contributed by atoms with van der Waals surface area (Å²) in [5, 5.41) is 3.89. The second kappa shape index (κ2) is 7.62. The normalized spacial score (nSPS) is 38.2. The predicted octanol–water partition coefficient (Wildman–Crippen LogP) is 4.71. The molecule has 0 bridgehead atoms. The lowest BCUT2D eigenvalue weighted by Crippen LogP contribution is -2.50. The lowest BCUT2D eigenvalue weighted by atomic mass is 9.48. The summed E-state index contributed by atoms with van der Waals surface area (Å²) in [6, 6.07) is 0. The number of ether oxygens (including phenoxy) is 1. The zero-order valence-electron chi connectivity index (χ0n) is 18.6. The summed E-state index contributed by atoms with van der Waals surface area (Å²) >= 11 is 5.18. The van der Waals surface area contributed by atoms with Gasteiger partial charge in [-0.3, -0.25) is 9.59 Å². The first-order valence-electron chi connectivity index (χ1n) is 11.4. The first-order chi connectivity index (χ1) is 15.1. The molecular formula is C24H28N2O4S2. The Morgan fingerprint density at radius 1 is 1.19 bits per heavy atom. The molecule has 0 unspecified atom stereocenters. The zero-order valence-corrected chi connectivity index (χ0v) is 20.3. The van der Waals surface area contributed by atoms with E-state index in [9.17, 15) is 14.4 Å². The molecule has 0 spiro atoms. The minimum absolute atomic E-state index is 0.0117. The van der Waals surface area contributed by atoms with E-state index in [1.807, 2.05) is 6.08 Å². The molecule has 0 radical (unpaired) electrons. The molecule has 0 aromatic carbocycles. The van der Waals surface area contributed by atoms with E-state index < -0.39 is 5.97 Å². The van der Waals surface area contributed by atoms with Crippen LogP contribution < -0.4 is 0 Å². The number of thiol groups is 1. The van der Waals surface area contributed by atoms with Crippen LogP contribution in [0, 0.1) is 41.4 Å². The van der Waals surface area contributed by atoms with Gasteiger partial charge in [0.15, 0.2) is 15.8 Å². The fraction of sp³-hybridized carbons (Fsp3) is 0.625. The molecule has 0 amide bonds. The Bertz CT molecular complexity index is 1080. The number of nitrogens with zero attached hydrogens (tertiary/aromatic N) is 2. The Hall–Kier alpha value is -1.80. The number of carbonyl (C=O) groups is 3. The Morgan fingerprint density at radius 3 is 2.66 bits per heavy atom. The zero-order chi connectivity index (χ0) is 22.8. The average molecular weight is 473 g/mol. The molecule has 6 nitrogen and oxygen atoms in total. The van der Waals surface area contributed by atoms with Crippen molar-refractivity contribution in [3.63, 3.8) is 0 Å². The van der Waals surface area contributed by atoms with Crippen molar-refractivity contribution < 1.29 is 19.1 Å². The molecule has 1 heterocycles. The Balaban J connectivity index is 1.45. The van der Waals surface area contributed by atoms with Crippen LogP contribution in [-0.4, -0.2) is 26.5 Å². The van der Waals surface area contributed by atoms with E-state index in [1.165, 1.54) is 0 Å². The maximum absolute atomic E-state index is 12.8. The van der Waals surface area contributed by atoms with E-state index in [4.69, 9.17) is 4.74 Å². The van der Waals surface area contributed by atoms with Gasteiger partial charge >= 0.3 is 5.97 Å². The number of esters is 1. The minimum Gasteiger partial charge on any atom is -0.418 e. The highest BCUT2D eigenvalue weighted by Gasteiger charge is 2.59. The van der Waals surface area contributed by atoms with E-state index >= 15 is 0 Å². The summed E-state index contributed by atoms with van der Waals surface area (Å²) in [6.45, 7) is 6.17. The van der Waals surface area contributed by atoms with Crippen LogP contribution in [0.25, 0.3) is 0 Å². The highest BCUT2D eigenvalue weighted by molar-refractivity contribution is 7.96. The van der Waals surface area contributed by atoms with Gasteiger partial charge in [0.2, 0.25) is 5.78 Å². The van der Waals surface area contributed by atoms with Crippen molar-refractivity contribution in [2.45, 2.75) is 59.3 Å². The molecule has 8 heteroatoms. The summed E-state index contributed by atoms with van der Waals surface area (Å²) in [5.41, 5.74) is 1.34. The molecule has 170 valence electrons. The van der Waals surface area contributed by atoms with Crippen LogP contribution in [0.2, 0.25) is 0 Å².